The Kier molecular flexibility index (Phi) is 6.63. The Morgan fingerprint density at radius 3 is 2.03 bits per heavy atom. The molecular formula is C24H24N2O3. The fourth-order valence-corrected chi connectivity index (χ4v) is 2.85. The van der Waals surface area contributed by atoms with Gasteiger partial charge in [-0.1, -0.05) is 48.5 Å². The predicted octanol–water partition coefficient (Wildman–Crippen LogP) is 4.65. The second-order valence-electron chi connectivity index (χ2n) is 6.86. The van der Waals surface area contributed by atoms with Gasteiger partial charge >= 0.3 is 11.8 Å². The van der Waals surface area contributed by atoms with Gasteiger partial charge in [0.1, 0.15) is 5.75 Å². The van der Waals surface area contributed by atoms with Crippen LogP contribution in [0.15, 0.2) is 84.9 Å². The molecule has 148 valence electrons. The highest BCUT2D eigenvalue weighted by Gasteiger charge is 2.23. The molecule has 0 saturated heterocycles. The fourth-order valence-electron chi connectivity index (χ4n) is 2.85. The van der Waals surface area contributed by atoms with E-state index in [-0.39, 0.29) is 6.10 Å². The van der Waals surface area contributed by atoms with Crippen molar-refractivity contribution >= 4 is 23.2 Å². The quantitative estimate of drug-likeness (QED) is 0.626. The van der Waals surface area contributed by atoms with E-state index in [4.69, 9.17) is 4.74 Å². The van der Waals surface area contributed by atoms with E-state index in [1.54, 1.807) is 24.3 Å². The number of para-hydroxylation sites is 1. The summed E-state index contributed by atoms with van der Waals surface area (Å²) >= 11 is 0. The first kappa shape index (κ1) is 20.1. The maximum atomic E-state index is 13.0. The van der Waals surface area contributed by atoms with Gasteiger partial charge in [-0.2, -0.15) is 0 Å². The summed E-state index contributed by atoms with van der Waals surface area (Å²) in [4.78, 5) is 27.1. The summed E-state index contributed by atoms with van der Waals surface area (Å²) in [6, 6.07) is 25.7. The standard InChI is InChI=1S/C24H24N2O3/c1-18(2)29-22-15-13-20(14-16-22)25-23(27)24(28)26(21-11-7-4-8-12-21)17-19-9-5-3-6-10-19/h3-16,18H,17H2,1-2H3,(H,25,27). The van der Waals surface area contributed by atoms with Crippen molar-refractivity contribution < 1.29 is 14.3 Å². The largest absolute Gasteiger partial charge is 0.491 e. The number of carbonyl (C=O) groups excluding carboxylic acids is 2. The highest BCUT2D eigenvalue weighted by Crippen LogP contribution is 2.19. The minimum absolute atomic E-state index is 0.0643. The molecule has 0 saturated carbocycles. The van der Waals surface area contributed by atoms with Gasteiger partial charge in [0.25, 0.3) is 0 Å². The van der Waals surface area contributed by atoms with Gasteiger partial charge in [-0.25, -0.2) is 0 Å². The van der Waals surface area contributed by atoms with Crippen LogP contribution in [0.3, 0.4) is 0 Å². The van der Waals surface area contributed by atoms with Crippen LogP contribution in [0.1, 0.15) is 19.4 Å². The summed E-state index contributed by atoms with van der Waals surface area (Å²) in [7, 11) is 0. The Morgan fingerprint density at radius 1 is 0.862 bits per heavy atom. The molecule has 0 atom stereocenters. The molecule has 0 fully saturated rings. The number of hydrogen-bond donors (Lipinski definition) is 1. The van der Waals surface area contributed by atoms with Gasteiger partial charge in [-0.05, 0) is 55.8 Å². The lowest BCUT2D eigenvalue weighted by molar-refractivity contribution is -0.134. The topological polar surface area (TPSA) is 58.6 Å². The van der Waals surface area contributed by atoms with E-state index < -0.39 is 11.8 Å². The second-order valence-corrected chi connectivity index (χ2v) is 6.86. The first-order chi connectivity index (χ1) is 14.0. The molecule has 29 heavy (non-hydrogen) atoms. The molecule has 3 aromatic carbocycles. The minimum Gasteiger partial charge on any atom is -0.491 e. The minimum atomic E-state index is -0.692. The van der Waals surface area contributed by atoms with Gasteiger partial charge in [0.05, 0.1) is 12.6 Å². The van der Waals surface area contributed by atoms with E-state index >= 15 is 0 Å². The first-order valence-corrected chi connectivity index (χ1v) is 9.51. The van der Waals surface area contributed by atoms with Crippen LogP contribution < -0.4 is 15.0 Å². The summed E-state index contributed by atoms with van der Waals surface area (Å²) in [6.45, 7) is 4.19. The number of nitrogens with one attached hydrogen (secondary N) is 1. The van der Waals surface area contributed by atoms with Crippen molar-refractivity contribution in [3.8, 4) is 5.75 Å². The molecule has 0 heterocycles. The van der Waals surface area contributed by atoms with Crippen LogP contribution in [0.2, 0.25) is 0 Å². The smallest absolute Gasteiger partial charge is 0.316 e. The van der Waals surface area contributed by atoms with Gasteiger partial charge < -0.3 is 10.1 Å². The maximum Gasteiger partial charge on any atom is 0.316 e. The highest BCUT2D eigenvalue weighted by atomic mass is 16.5. The number of amides is 2. The Bertz CT molecular complexity index is 939. The molecule has 0 aromatic heterocycles. The van der Waals surface area contributed by atoms with Crippen LogP contribution in [-0.2, 0) is 16.1 Å². The molecule has 0 aliphatic heterocycles. The Hall–Kier alpha value is -3.60. The normalized spacial score (nSPS) is 10.4. The monoisotopic (exact) mass is 388 g/mol. The first-order valence-electron chi connectivity index (χ1n) is 9.51. The zero-order chi connectivity index (χ0) is 20.6. The molecule has 0 aliphatic carbocycles. The van der Waals surface area contributed by atoms with Crippen molar-refractivity contribution in [2.24, 2.45) is 0 Å². The van der Waals surface area contributed by atoms with Crippen molar-refractivity contribution in [2.45, 2.75) is 26.5 Å². The summed E-state index contributed by atoms with van der Waals surface area (Å²) in [6.07, 6.45) is 0.0643. The molecule has 0 spiro atoms. The van der Waals surface area contributed by atoms with E-state index in [0.717, 1.165) is 5.56 Å². The van der Waals surface area contributed by atoms with Crippen LogP contribution in [-0.4, -0.2) is 17.9 Å². The van der Waals surface area contributed by atoms with Crippen LogP contribution in [0.4, 0.5) is 11.4 Å². The molecule has 3 rings (SSSR count). The van der Waals surface area contributed by atoms with Crippen LogP contribution in [0.5, 0.6) is 5.75 Å². The third-order valence-electron chi connectivity index (χ3n) is 4.17. The van der Waals surface area contributed by atoms with Gasteiger partial charge in [0, 0.05) is 11.4 Å². The predicted molar refractivity (Wildman–Crippen MR) is 115 cm³/mol. The second kappa shape index (κ2) is 9.55. The molecule has 1 N–H and O–H groups in total. The summed E-state index contributed by atoms with van der Waals surface area (Å²) in [5.41, 5.74) is 2.14. The molecule has 0 radical (unpaired) electrons. The zero-order valence-electron chi connectivity index (χ0n) is 16.5. The molecule has 5 nitrogen and oxygen atoms in total. The van der Waals surface area contributed by atoms with Crippen molar-refractivity contribution in [1.29, 1.82) is 0 Å². The number of nitrogens with zero attached hydrogens (tertiary/aromatic N) is 1. The van der Waals surface area contributed by atoms with Crippen molar-refractivity contribution in [2.75, 3.05) is 10.2 Å². The molecule has 0 unspecified atom stereocenters. The van der Waals surface area contributed by atoms with Crippen LogP contribution >= 0.6 is 0 Å². The van der Waals surface area contributed by atoms with Gasteiger partial charge in [-0.15, -0.1) is 0 Å². The fraction of sp³-hybridized carbons (Fsp3) is 0.167. The van der Waals surface area contributed by atoms with E-state index in [1.807, 2.05) is 74.5 Å². The lowest BCUT2D eigenvalue weighted by Gasteiger charge is -2.22. The number of carbonyl (C=O) groups is 2. The Balaban J connectivity index is 1.75. The number of anilines is 2. The molecule has 5 heteroatoms. The van der Waals surface area contributed by atoms with Crippen LogP contribution in [0, 0.1) is 0 Å². The Labute approximate surface area is 170 Å². The summed E-state index contributed by atoms with van der Waals surface area (Å²) < 4.78 is 5.60. The van der Waals surface area contributed by atoms with E-state index in [9.17, 15) is 9.59 Å². The number of rotatable bonds is 6. The zero-order valence-corrected chi connectivity index (χ0v) is 16.5. The SMILES string of the molecule is CC(C)Oc1ccc(NC(=O)C(=O)N(Cc2ccccc2)c2ccccc2)cc1. The van der Waals surface area contributed by atoms with E-state index in [2.05, 4.69) is 5.32 Å². The van der Waals surface area contributed by atoms with Gasteiger partial charge in [-0.3, -0.25) is 14.5 Å². The molecular weight excluding hydrogens is 364 g/mol. The lowest BCUT2D eigenvalue weighted by atomic mass is 10.2. The molecule has 2 amide bonds. The number of hydrogen-bond acceptors (Lipinski definition) is 3. The average molecular weight is 388 g/mol. The average Bonchev–Trinajstić information content (AvgIpc) is 2.74. The highest BCUT2D eigenvalue weighted by molar-refractivity contribution is 6.44. The maximum absolute atomic E-state index is 13.0. The van der Waals surface area contributed by atoms with E-state index in [1.165, 1.54) is 4.90 Å². The number of ether oxygens (including phenoxy) is 1. The third-order valence-corrected chi connectivity index (χ3v) is 4.17. The molecule has 0 bridgehead atoms. The van der Waals surface area contributed by atoms with Gasteiger partial charge in [0.15, 0.2) is 0 Å². The van der Waals surface area contributed by atoms with Crippen molar-refractivity contribution in [1.82, 2.24) is 0 Å². The summed E-state index contributed by atoms with van der Waals surface area (Å²) in [5, 5.41) is 2.67. The molecule has 3 aromatic rings. The number of benzene rings is 3. The van der Waals surface area contributed by atoms with Gasteiger partial charge in [0.2, 0.25) is 0 Å². The van der Waals surface area contributed by atoms with Crippen LogP contribution in [0.25, 0.3) is 0 Å². The van der Waals surface area contributed by atoms with Crippen molar-refractivity contribution in [3.63, 3.8) is 0 Å². The lowest BCUT2D eigenvalue weighted by Crippen LogP contribution is -2.39. The van der Waals surface area contributed by atoms with Crippen molar-refractivity contribution in [3.05, 3.63) is 90.5 Å². The Morgan fingerprint density at radius 2 is 1.45 bits per heavy atom. The summed E-state index contributed by atoms with van der Waals surface area (Å²) in [5.74, 6) is -0.607. The molecule has 0 aliphatic rings. The van der Waals surface area contributed by atoms with E-state index in [0.29, 0.717) is 23.7 Å². The third kappa shape index (κ3) is 5.69.